The van der Waals surface area contributed by atoms with E-state index in [1.54, 1.807) is 0 Å². The third kappa shape index (κ3) is 28.2. The Balaban J connectivity index is 0. The molecule has 0 spiro atoms. The lowest BCUT2D eigenvalue weighted by molar-refractivity contribution is 1.00. The summed E-state index contributed by atoms with van der Waals surface area (Å²) in [6, 6.07) is 4.23. The Bertz CT molecular complexity index is 386. The van der Waals surface area contributed by atoms with E-state index in [1.807, 2.05) is 0 Å². The van der Waals surface area contributed by atoms with Crippen LogP contribution in [0.25, 0.3) is 0 Å². The molecule has 0 aromatic rings. The molecule has 0 unspecified atom stereocenters. The molecule has 0 radical (unpaired) electrons. The predicted molar refractivity (Wildman–Crippen MR) is 105 cm³/mol. The monoisotopic (exact) mass is 326 g/mol. The van der Waals surface area contributed by atoms with Crippen molar-refractivity contribution in [2.75, 3.05) is 0 Å². The Labute approximate surface area is 149 Å². The number of nitriles is 2. The molecule has 0 bridgehead atoms. The van der Waals surface area contributed by atoms with Crippen LogP contribution in [-0.4, -0.2) is 0 Å². The highest BCUT2D eigenvalue weighted by molar-refractivity contribution is 4.90. The predicted octanol–water partition coefficient (Wildman–Crippen LogP) is 7.19. The molecule has 0 aliphatic carbocycles. The summed E-state index contributed by atoms with van der Waals surface area (Å²) < 4.78 is 0. The smallest absolute Gasteiger partial charge is 0.0624 e. The minimum absolute atomic E-state index is 0.640. The first kappa shape index (κ1) is 24.2. The molecule has 132 valence electrons. The second kappa shape index (κ2) is 25.9. The fraction of sp³-hybridized carbons (Fsp3) is 0.545. The van der Waals surface area contributed by atoms with Crippen molar-refractivity contribution >= 4 is 0 Å². The molecule has 0 N–H and O–H groups in total. The van der Waals surface area contributed by atoms with Crippen LogP contribution in [0.1, 0.15) is 78.1 Å². The highest BCUT2D eigenvalue weighted by atomic mass is 14.2. The summed E-state index contributed by atoms with van der Waals surface area (Å²) in [5.41, 5.74) is 0. The van der Waals surface area contributed by atoms with E-state index in [4.69, 9.17) is 10.5 Å². The number of allylic oxidation sites excluding steroid dienone is 8. The quantitative estimate of drug-likeness (QED) is 0.281. The van der Waals surface area contributed by atoms with Crippen molar-refractivity contribution in [2.45, 2.75) is 78.1 Å². The number of hydrogen-bond acceptors (Lipinski definition) is 2. The lowest BCUT2D eigenvalue weighted by atomic mass is 10.2. The van der Waals surface area contributed by atoms with Crippen LogP contribution in [-0.2, 0) is 0 Å². The van der Waals surface area contributed by atoms with Gasteiger partial charge in [0.15, 0.2) is 0 Å². The molecule has 0 atom stereocenters. The van der Waals surface area contributed by atoms with Gasteiger partial charge in [0.2, 0.25) is 0 Å². The second-order valence-electron chi connectivity index (χ2n) is 5.25. The van der Waals surface area contributed by atoms with Gasteiger partial charge in [0.1, 0.15) is 0 Å². The molecule has 0 saturated carbocycles. The Morgan fingerprint density at radius 3 is 1.08 bits per heavy atom. The molecule has 0 saturated heterocycles. The maximum absolute atomic E-state index is 8.24. The molecule has 0 aromatic carbocycles. The zero-order chi connectivity index (χ0) is 18.1. The molecule has 24 heavy (non-hydrogen) atoms. The molecule has 0 aliphatic rings. The largest absolute Gasteiger partial charge is 0.198 e. The minimum Gasteiger partial charge on any atom is -0.198 e. The first-order valence-corrected chi connectivity index (χ1v) is 9.17. The van der Waals surface area contributed by atoms with Crippen molar-refractivity contribution in [3.63, 3.8) is 0 Å². The normalized spacial score (nSPS) is 11.0. The Morgan fingerprint density at radius 1 is 0.500 bits per heavy atom. The lowest BCUT2D eigenvalue weighted by Crippen LogP contribution is -1.67. The van der Waals surface area contributed by atoms with Crippen LogP contribution in [0, 0.1) is 22.7 Å². The molecular weight excluding hydrogens is 292 g/mol. The maximum Gasteiger partial charge on any atom is 0.0624 e. The van der Waals surface area contributed by atoms with Gasteiger partial charge in [-0.3, -0.25) is 0 Å². The Hall–Kier alpha value is -2.06. The number of rotatable bonds is 12. The standard InChI is InChI=1S/2C11H17N/c2*1-2-3-4-5-6-7-8-9-10-11-12/h2*3-4,7-8H,2,5-6,9-10H2,1H3/b4-3+,8-7+;4-3-,8-7-. The fourth-order valence-corrected chi connectivity index (χ4v) is 1.72. The van der Waals surface area contributed by atoms with Crippen molar-refractivity contribution in [3.8, 4) is 12.1 Å². The van der Waals surface area contributed by atoms with Crippen LogP contribution in [0.3, 0.4) is 0 Å². The molecule has 0 fully saturated rings. The van der Waals surface area contributed by atoms with Gasteiger partial charge in [0.05, 0.1) is 12.1 Å². The first-order chi connectivity index (χ1) is 11.8. The second-order valence-corrected chi connectivity index (χ2v) is 5.25. The third-order valence-corrected chi connectivity index (χ3v) is 2.98. The van der Waals surface area contributed by atoms with E-state index in [0.717, 1.165) is 51.4 Å². The SMILES string of the molecule is CC/C=C/CC/C=C/CCC#N.CC/C=C\CC/C=C\CCC#N. The van der Waals surface area contributed by atoms with Gasteiger partial charge < -0.3 is 0 Å². The number of unbranched alkanes of at least 4 members (excludes halogenated alkanes) is 4. The third-order valence-electron chi connectivity index (χ3n) is 2.98. The minimum atomic E-state index is 0.640. The molecule has 0 aromatic heterocycles. The van der Waals surface area contributed by atoms with Crippen molar-refractivity contribution < 1.29 is 0 Å². The molecule has 2 heteroatoms. The summed E-state index contributed by atoms with van der Waals surface area (Å²) in [5, 5.41) is 16.5. The van der Waals surface area contributed by atoms with Crippen LogP contribution in [0.5, 0.6) is 0 Å². The van der Waals surface area contributed by atoms with Gasteiger partial charge in [-0.1, -0.05) is 62.5 Å². The first-order valence-electron chi connectivity index (χ1n) is 9.17. The summed E-state index contributed by atoms with van der Waals surface area (Å²) in [6.07, 6.45) is 27.0. The summed E-state index contributed by atoms with van der Waals surface area (Å²) in [4.78, 5) is 0. The molecule has 2 nitrogen and oxygen atoms in total. The van der Waals surface area contributed by atoms with E-state index < -0.39 is 0 Å². The van der Waals surface area contributed by atoms with Crippen LogP contribution in [0.2, 0.25) is 0 Å². The van der Waals surface area contributed by atoms with Gasteiger partial charge in [-0.15, -0.1) is 0 Å². The van der Waals surface area contributed by atoms with Gasteiger partial charge in [-0.05, 0) is 51.4 Å². The van der Waals surface area contributed by atoms with Gasteiger partial charge in [-0.25, -0.2) is 0 Å². The number of nitrogens with zero attached hydrogens (tertiary/aromatic N) is 2. The average molecular weight is 327 g/mol. The van der Waals surface area contributed by atoms with E-state index in [-0.39, 0.29) is 0 Å². The highest BCUT2D eigenvalue weighted by Crippen LogP contribution is 1.97. The van der Waals surface area contributed by atoms with Gasteiger partial charge in [0.25, 0.3) is 0 Å². The molecule has 0 heterocycles. The zero-order valence-corrected chi connectivity index (χ0v) is 15.6. The van der Waals surface area contributed by atoms with Crippen molar-refractivity contribution in [2.24, 2.45) is 0 Å². The topological polar surface area (TPSA) is 47.6 Å². The summed E-state index contributed by atoms with van der Waals surface area (Å²) >= 11 is 0. The zero-order valence-electron chi connectivity index (χ0n) is 15.6. The van der Waals surface area contributed by atoms with Gasteiger partial charge in [0, 0.05) is 12.8 Å². The van der Waals surface area contributed by atoms with Crippen LogP contribution >= 0.6 is 0 Å². The van der Waals surface area contributed by atoms with E-state index in [1.165, 1.54) is 0 Å². The van der Waals surface area contributed by atoms with Crippen molar-refractivity contribution in [1.82, 2.24) is 0 Å². The van der Waals surface area contributed by atoms with E-state index >= 15 is 0 Å². The fourth-order valence-electron chi connectivity index (χ4n) is 1.72. The van der Waals surface area contributed by atoms with Crippen LogP contribution < -0.4 is 0 Å². The van der Waals surface area contributed by atoms with Gasteiger partial charge in [-0.2, -0.15) is 10.5 Å². The van der Waals surface area contributed by atoms with Gasteiger partial charge >= 0.3 is 0 Å². The Kier molecular flexibility index (Phi) is 26.1. The molecule has 0 amide bonds. The van der Waals surface area contributed by atoms with Crippen LogP contribution in [0.15, 0.2) is 48.6 Å². The van der Waals surface area contributed by atoms with Crippen LogP contribution in [0.4, 0.5) is 0 Å². The molecule has 0 rings (SSSR count). The van der Waals surface area contributed by atoms with E-state index in [0.29, 0.717) is 12.8 Å². The van der Waals surface area contributed by atoms with E-state index in [9.17, 15) is 0 Å². The lowest BCUT2D eigenvalue weighted by Gasteiger charge is -1.86. The average Bonchev–Trinajstić information content (AvgIpc) is 2.60. The molecule has 0 aliphatic heterocycles. The summed E-state index contributed by atoms with van der Waals surface area (Å²) in [5.74, 6) is 0. The number of hydrogen-bond donors (Lipinski definition) is 0. The van der Waals surface area contributed by atoms with E-state index in [2.05, 4.69) is 74.6 Å². The summed E-state index contributed by atoms with van der Waals surface area (Å²) in [7, 11) is 0. The Morgan fingerprint density at radius 2 is 0.792 bits per heavy atom. The summed E-state index contributed by atoms with van der Waals surface area (Å²) in [6.45, 7) is 4.28. The van der Waals surface area contributed by atoms with Crippen molar-refractivity contribution in [1.29, 1.82) is 10.5 Å². The maximum atomic E-state index is 8.24. The van der Waals surface area contributed by atoms with Crippen molar-refractivity contribution in [3.05, 3.63) is 48.6 Å². The molecular formula is C22H34N2. The highest BCUT2D eigenvalue weighted by Gasteiger charge is 1.79.